The Morgan fingerprint density at radius 3 is 2.85 bits per heavy atom. The van der Waals surface area contributed by atoms with Crippen LogP contribution in [0.15, 0.2) is 33.9 Å². The highest BCUT2D eigenvalue weighted by atomic mass is 79.9. The molecule has 7 nitrogen and oxygen atoms in total. The first-order chi connectivity index (χ1) is 9.47. The zero-order valence-corrected chi connectivity index (χ0v) is 12.8. The van der Waals surface area contributed by atoms with E-state index in [9.17, 15) is 8.42 Å². The van der Waals surface area contributed by atoms with Gasteiger partial charge in [0.15, 0.2) is 5.03 Å². The summed E-state index contributed by atoms with van der Waals surface area (Å²) < 4.78 is 32.4. The number of halogens is 1. The quantitative estimate of drug-likeness (QED) is 0.747. The molecule has 0 amide bonds. The molecule has 2 aromatic rings. The topological polar surface area (TPSA) is 104 Å². The van der Waals surface area contributed by atoms with Gasteiger partial charge in [0.05, 0.1) is 30.1 Å². The predicted molar refractivity (Wildman–Crippen MR) is 76.0 cm³/mol. The van der Waals surface area contributed by atoms with Crippen LogP contribution in [0.25, 0.3) is 0 Å². The molecule has 0 atom stereocenters. The van der Waals surface area contributed by atoms with Crippen LogP contribution >= 0.6 is 15.9 Å². The molecule has 0 saturated carbocycles. The SMILES string of the molecule is COc1ccc(NS(=O)(=O)c2[nH]ncc2CO)cc1Br. The molecule has 9 heteroatoms. The lowest BCUT2D eigenvalue weighted by molar-refractivity contribution is 0.278. The van der Waals surface area contributed by atoms with E-state index in [-0.39, 0.29) is 10.6 Å². The number of anilines is 1. The summed E-state index contributed by atoms with van der Waals surface area (Å²) >= 11 is 3.27. The van der Waals surface area contributed by atoms with Crippen LogP contribution < -0.4 is 9.46 Å². The first kappa shape index (κ1) is 14.8. The van der Waals surface area contributed by atoms with Crippen molar-refractivity contribution < 1.29 is 18.3 Å². The highest BCUT2D eigenvalue weighted by Gasteiger charge is 2.20. The molecule has 0 aliphatic heterocycles. The summed E-state index contributed by atoms with van der Waals surface area (Å²) in [7, 11) is -2.32. The maximum absolute atomic E-state index is 12.2. The van der Waals surface area contributed by atoms with E-state index >= 15 is 0 Å². The van der Waals surface area contributed by atoms with E-state index in [1.807, 2.05) is 0 Å². The second-order valence-electron chi connectivity index (χ2n) is 3.84. The van der Waals surface area contributed by atoms with Crippen LogP contribution in [-0.4, -0.2) is 30.8 Å². The number of hydrogen-bond acceptors (Lipinski definition) is 5. The van der Waals surface area contributed by atoms with Gasteiger partial charge in [-0.25, -0.2) is 0 Å². The summed E-state index contributed by atoms with van der Waals surface area (Å²) in [6.07, 6.45) is 1.26. The molecule has 1 heterocycles. The van der Waals surface area contributed by atoms with Crippen LogP contribution in [0.1, 0.15) is 5.56 Å². The minimum absolute atomic E-state index is 0.160. The van der Waals surface area contributed by atoms with Crippen molar-refractivity contribution in [1.29, 1.82) is 0 Å². The van der Waals surface area contributed by atoms with Crippen molar-refractivity contribution in [3.05, 3.63) is 34.4 Å². The molecule has 3 N–H and O–H groups in total. The number of rotatable bonds is 5. The van der Waals surface area contributed by atoms with Crippen LogP contribution in [0.4, 0.5) is 5.69 Å². The Hall–Kier alpha value is -1.58. The van der Waals surface area contributed by atoms with Crippen molar-refractivity contribution in [1.82, 2.24) is 10.2 Å². The summed E-state index contributed by atoms with van der Waals surface area (Å²) in [4.78, 5) is 0. The summed E-state index contributed by atoms with van der Waals surface area (Å²) in [5, 5.41) is 14.9. The van der Waals surface area contributed by atoms with Gasteiger partial charge in [-0.05, 0) is 34.1 Å². The van der Waals surface area contributed by atoms with Crippen molar-refractivity contribution in [3.8, 4) is 5.75 Å². The Morgan fingerprint density at radius 1 is 1.50 bits per heavy atom. The number of hydrogen-bond donors (Lipinski definition) is 3. The molecule has 0 unspecified atom stereocenters. The van der Waals surface area contributed by atoms with Crippen molar-refractivity contribution in [3.63, 3.8) is 0 Å². The highest BCUT2D eigenvalue weighted by Crippen LogP contribution is 2.28. The molecular weight excluding hydrogens is 350 g/mol. The zero-order chi connectivity index (χ0) is 14.8. The predicted octanol–water partition coefficient (Wildman–Crippen LogP) is 1.47. The number of sulfonamides is 1. The molecule has 0 bridgehead atoms. The number of nitrogens with zero attached hydrogens (tertiary/aromatic N) is 1. The number of nitrogens with one attached hydrogen (secondary N) is 2. The normalized spacial score (nSPS) is 11.3. The number of aliphatic hydroxyl groups excluding tert-OH is 1. The average Bonchev–Trinajstić information content (AvgIpc) is 2.87. The molecule has 20 heavy (non-hydrogen) atoms. The van der Waals surface area contributed by atoms with Gasteiger partial charge < -0.3 is 9.84 Å². The molecule has 0 saturated heterocycles. The third-order valence-electron chi connectivity index (χ3n) is 2.52. The Morgan fingerprint density at radius 2 is 2.25 bits per heavy atom. The zero-order valence-electron chi connectivity index (χ0n) is 10.4. The van der Waals surface area contributed by atoms with E-state index in [0.29, 0.717) is 15.9 Å². The fourth-order valence-corrected chi connectivity index (χ4v) is 3.30. The second-order valence-corrected chi connectivity index (χ2v) is 6.31. The van der Waals surface area contributed by atoms with Gasteiger partial charge in [-0.3, -0.25) is 9.82 Å². The fourth-order valence-electron chi connectivity index (χ4n) is 1.58. The molecule has 0 radical (unpaired) electrons. The second kappa shape index (κ2) is 5.81. The van der Waals surface area contributed by atoms with Crippen LogP contribution in [-0.2, 0) is 16.6 Å². The maximum atomic E-state index is 12.2. The lowest BCUT2D eigenvalue weighted by atomic mass is 10.3. The first-order valence-corrected chi connectivity index (χ1v) is 7.75. The summed E-state index contributed by atoms with van der Waals surface area (Å²) in [5.74, 6) is 0.588. The summed E-state index contributed by atoms with van der Waals surface area (Å²) in [6, 6.07) is 4.77. The number of aromatic amines is 1. The standard InChI is InChI=1S/C11H12BrN3O4S/c1-19-10-3-2-8(4-9(10)12)15-20(17,18)11-7(6-16)5-13-14-11/h2-5,15-16H,6H2,1H3,(H,13,14). The first-order valence-electron chi connectivity index (χ1n) is 5.47. The molecule has 1 aromatic carbocycles. The molecule has 108 valence electrons. The molecule has 0 fully saturated rings. The van der Waals surface area contributed by atoms with E-state index < -0.39 is 16.6 Å². The van der Waals surface area contributed by atoms with Crippen molar-refractivity contribution in [2.75, 3.05) is 11.8 Å². The van der Waals surface area contributed by atoms with Gasteiger partial charge >= 0.3 is 0 Å². The third kappa shape index (κ3) is 2.94. The van der Waals surface area contributed by atoms with E-state index in [4.69, 9.17) is 9.84 Å². The molecule has 1 aromatic heterocycles. The Labute approximate surface area is 124 Å². The van der Waals surface area contributed by atoms with Crippen molar-refractivity contribution in [2.24, 2.45) is 0 Å². The van der Waals surface area contributed by atoms with Crippen molar-refractivity contribution >= 4 is 31.6 Å². The lowest BCUT2D eigenvalue weighted by Crippen LogP contribution is -2.15. The number of H-pyrrole nitrogens is 1. The fraction of sp³-hybridized carbons (Fsp3) is 0.182. The van der Waals surface area contributed by atoms with Crippen LogP contribution in [0.5, 0.6) is 5.75 Å². The van der Waals surface area contributed by atoms with Crippen LogP contribution in [0.3, 0.4) is 0 Å². The third-order valence-corrected chi connectivity index (χ3v) is 4.54. The Bertz CT molecular complexity index is 714. The monoisotopic (exact) mass is 361 g/mol. The van der Waals surface area contributed by atoms with E-state index in [2.05, 4.69) is 30.8 Å². The molecular formula is C11H12BrN3O4S. The average molecular weight is 362 g/mol. The molecule has 0 aliphatic rings. The van der Waals surface area contributed by atoms with Gasteiger partial charge in [0.2, 0.25) is 0 Å². The van der Waals surface area contributed by atoms with Gasteiger partial charge in [-0.2, -0.15) is 13.5 Å². The maximum Gasteiger partial charge on any atom is 0.279 e. The minimum atomic E-state index is -3.84. The van der Waals surface area contributed by atoms with Crippen molar-refractivity contribution in [2.45, 2.75) is 11.6 Å². The van der Waals surface area contributed by atoms with Crippen LogP contribution in [0, 0.1) is 0 Å². The summed E-state index contributed by atoms with van der Waals surface area (Å²) in [5.41, 5.74) is 0.557. The highest BCUT2D eigenvalue weighted by molar-refractivity contribution is 9.10. The van der Waals surface area contributed by atoms with E-state index in [0.717, 1.165) is 0 Å². The number of benzene rings is 1. The summed E-state index contributed by atoms with van der Waals surface area (Å²) in [6.45, 7) is -0.418. The number of aliphatic hydroxyl groups is 1. The Kier molecular flexibility index (Phi) is 4.31. The van der Waals surface area contributed by atoms with Gasteiger partial charge in [-0.1, -0.05) is 0 Å². The van der Waals surface area contributed by atoms with Gasteiger partial charge in [0, 0.05) is 5.56 Å². The number of methoxy groups -OCH3 is 1. The molecule has 0 aliphatic carbocycles. The molecule has 2 rings (SSSR count). The van der Waals surface area contributed by atoms with Crippen LogP contribution in [0.2, 0.25) is 0 Å². The van der Waals surface area contributed by atoms with E-state index in [1.54, 1.807) is 18.2 Å². The van der Waals surface area contributed by atoms with Gasteiger partial charge in [0.25, 0.3) is 10.0 Å². The Balaban J connectivity index is 2.31. The largest absolute Gasteiger partial charge is 0.496 e. The number of aromatic nitrogens is 2. The molecule has 0 spiro atoms. The van der Waals surface area contributed by atoms with E-state index in [1.165, 1.54) is 13.3 Å². The smallest absolute Gasteiger partial charge is 0.279 e. The number of ether oxygens (including phenoxy) is 1. The lowest BCUT2D eigenvalue weighted by Gasteiger charge is -2.09. The van der Waals surface area contributed by atoms with Gasteiger partial charge in [-0.15, -0.1) is 0 Å². The minimum Gasteiger partial charge on any atom is -0.496 e. The van der Waals surface area contributed by atoms with Gasteiger partial charge in [0.1, 0.15) is 5.75 Å².